The van der Waals surface area contributed by atoms with Crippen molar-refractivity contribution >= 4 is 98.2 Å². The Hall–Kier alpha value is -11.7. The molecular weight excluding hydrogens is 1640 g/mol. The molecule has 6 atom stereocenters. The zero-order valence-electron chi connectivity index (χ0n) is 71.5. The molecule has 6 aliphatic rings. The van der Waals surface area contributed by atoms with Crippen molar-refractivity contribution in [1.82, 2.24) is 44.2 Å². The van der Waals surface area contributed by atoms with Crippen LogP contribution in [0.1, 0.15) is 155 Å². The fourth-order valence-electron chi connectivity index (χ4n) is 17.1. The van der Waals surface area contributed by atoms with E-state index in [1.165, 1.54) is 47.4 Å². The number of amides is 5. The van der Waals surface area contributed by atoms with Crippen molar-refractivity contribution in [3.8, 4) is 17.2 Å². The van der Waals surface area contributed by atoms with Crippen LogP contribution in [-0.4, -0.2) is 217 Å². The highest BCUT2D eigenvalue weighted by Gasteiger charge is 2.57. The maximum Gasteiger partial charge on any atom is 0.419 e. The van der Waals surface area contributed by atoms with Crippen LogP contribution in [0, 0.1) is 0 Å². The number of methoxy groups -OCH3 is 5. The number of rotatable bonds is 17. The smallest absolute Gasteiger partial charge is 0.419 e. The van der Waals surface area contributed by atoms with Crippen molar-refractivity contribution in [3.63, 3.8) is 0 Å². The van der Waals surface area contributed by atoms with E-state index in [9.17, 15) is 74.9 Å². The summed E-state index contributed by atoms with van der Waals surface area (Å²) in [6, 6.07) is 32.9. The Morgan fingerprint density at radius 1 is 0.440 bits per heavy atom. The molecule has 9 aromatic rings. The second kappa shape index (κ2) is 37.6. The number of aliphatic hydroxyl groups excluding tert-OH is 1. The summed E-state index contributed by atoms with van der Waals surface area (Å²) in [5.74, 6) is -8.82. The van der Waals surface area contributed by atoms with Crippen molar-refractivity contribution in [2.75, 3.05) is 71.1 Å². The third kappa shape index (κ3) is 21.0. The number of carbonyl (C=O) groups excluding carboxylic acids is 7. The Morgan fingerprint density at radius 2 is 0.816 bits per heavy atom. The van der Waals surface area contributed by atoms with Gasteiger partial charge in [-0.05, 0) is 214 Å². The van der Waals surface area contributed by atoms with Crippen LogP contribution < -0.4 is 35.5 Å². The number of likely N-dealkylation sites (tertiary alicyclic amines) is 2. The summed E-state index contributed by atoms with van der Waals surface area (Å²) >= 11 is 0. The Kier molecular flexibility index (Phi) is 27.8. The molecule has 9 heterocycles. The molecule has 29 nitrogen and oxygen atoms in total. The molecule has 15 rings (SSSR count). The van der Waals surface area contributed by atoms with Crippen molar-refractivity contribution in [2.45, 2.75) is 220 Å². The summed E-state index contributed by atoms with van der Waals surface area (Å²) in [4.78, 5) is 124. The molecule has 7 N–H and O–H groups in total. The second-order valence-electron chi connectivity index (χ2n) is 34.2. The largest absolute Gasteiger partial charge is 0.497 e. The van der Waals surface area contributed by atoms with E-state index in [1.54, 1.807) is 174 Å². The molecule has 3 aromatic carbocycles. The highest BCUT2D eigenvalue weighted by Crippen LogP contribution is 2.51. The SMILES string of the molecule is CO[C@@H]1CCN[C@H]1C(=O)Nc1ccc2c(ccn2C(=O)OC(C)(C)C)n1.COc1ccc(C2(C(=O)N3CC[C@@H](O)[C@@H]3C(=O)Nc3ccc4[nH]ccc4n3)CCC(F)(F)CC2)cc1.COc1ccc(C2(C(=O)N3CC[C@@H](OC)[C@@H]3C(=O)Nc3ccc4c(ccn4C(=O)OC(C)(C)C)n3)CCC(F)(F)CC2)cc1.COc1ccc(C2(C(=O)O)CCC(F)(F)CC2)cc1. The number of fused-ring (bicyclic) bond motifs is 3. The number of benzene rings is 3. The van der Waals surface area contributed by atoms with Gasteiger partial charge in [0.25, 0.3) is 11.8 Å². The number of halogens is 6. The van der Waals surface area contributed by atoms with Gasteiger partial charge in [-0.3, -0.25) is 37.9 Å². The van der Waals surface area contributed by atoms with E-state index in [4.69, 9.17) is 33.2 Å². The van der Waals surface area contributed by atoms with Gasteiger partial charge in [0.05, 0.1) is 89.0 Å². The lowest BCUT2D eigenvalue weighted by Gasteiger charge is -2.42. The molecule has 6 aromatic heterocycles. The fourth-order valence-corrected chi connectivity index (χ4v) is 17.1. The molecule has 0 bridgehead atoms. The van der Waals surface area contributed by atoms with Crippen LogP contribution in [0.25, 0.3) is 33.1 Å². The van der Waals surface area contributed by atoms with E-state index < -0.39 is 137 Å². The first kappa shape index (κ1) is 92.5. The lowest BCUT2D eigenvalue weighted by atomic mass is 9.67. The van der Waals surface area contributed by atoms with Crippen LogP contribution in [0.5, 0.6) is 17.2 Å². The Morgan fingerprint density at radius 3 is 1.22 bits per heavy atom. The Balaban J connectivity index is 0.000000158. The molecule has 3 saturated carbocycles. The van der Waals surface area contributed by atoms with E-state index in [2.05, 4.69) is 41.2 Å². The molecule has 670 valence electrons. The first-order valence-corrected chi connectivity index (χ1v) is 41.4. The minimum Gasteiger partial charge on any atom is -0.497 e. The fraction of sp³-hybridized carbons (Fsp3) is 0.478. The minimum absolute atomic E-state index is 0.0400. The number of aromatic nitrogens is 6. The number of carboxylic acid groups (broad SMARTS) is 1. The van der Waals surface area contributed by atoms with E-state index in [0.717, 1.165) is 18.5 Å². The van der Waals surface area contributed by atoms with Crippen LogP contribution in [0.4, 0.5) is 53.4 Å². The molecule has 35 heteroatoms. The number of aliphatic carboxylic acids is 1. The number of ether oxygens (including phenoxy) is 7. The number of hydrogen-bond donors (Lipinski definition) is 7. The monoisotopic (exact) mass is 1740 g/mol. The number of anilines is 3. The number of hydrogen-bond acceptors (Lipinski definition) is 20. The van der Waals surface area contributed by atoms with Gasteiger partial charge in [0.1, 0.15) is 64.0 Å². The highest BCUT2D eigenvalue weighted by molar-refractivity contribution is 6.02. The summed E-state index contributed by atoms with van der Waals surface area (Å²) < 4.78 is 124. The van der Waals surface area contributed by atoms with Gasteiger partial charge in [-0.15, -0.1) is 0 Å². The normalized spacial score (nSPS) is 21.5. The molecule has 3 saturated heterocycles. The summed E-state index contributed by atoms with van der Waals surface area (Å²) in [5, 5.41) is 31.6. The number of aliphatic hydroxyl groups is 1. The topological polar surface area (TPSA) is 361 Å². The highest BCUT2D eigenvalue weighted by atomic mass is 19.3. The summed E-state index contributed by atoms with van der Waals surface area (Å²) in [6.07, 6.45) is 0.631. The molecular formula is C90H106F6N12O17. The average Bonchev–Trinajstić information content (AvgIpc) is 1.68. The number of H-pyrrole nitrogens is 1. The van der Waals surface area contributed by atoms with Gasteiger partial charge in [0.15, 0.2) is 0 Å². The number of pyridine rings is 3. The first-order chi connectivity index (χ1) is 59.2. The predicted octanol–water partition coefficient (Wildman–Crippen LogP) is 14.5. The van der Waals surface area contributed by atoms with Crippen molar-refractivity contribution in [3.05, 3.63) is 163 Å². The lowest BCUT2D eigenvalue weighted by Crippen LogP contribution is -2.56. The predicted molar refractivity (Wildman–Crippen MR) is 451 cm³/mol. The van der Waals surface area contributed by atoms with Gasteiger partial charge >= 0.3 is 18.2 Å². The minimum atomic E-state index is -2.86. The lowest BCUT2D eigenvalue weighted by molar-refractivity contribution is -0.149. The van der Waals surface area contributed by atoms with Crippen molar-refractivity contribution in [1.29, 1.82) is 0 Å². The van der Waals surface area contributed by atoms with Crippen LogP contribution >= 0.6 is 0 Å². The van der Waals surface area contributed by atoms with Gasteiger partial charge in [-0.1, -0.05) is 36.4 Å². The van der Waals surface area contributed by atoms with Gasteiger partial charge in [-0.2, -0.15) is 0 Å². The van der Waals surface area contributed by atoms with Gasteiger partial charge in [0, 0.05) is 84.4 Å². The Bertz CT molecular complexity index is 5350. The quantitative estimate of drug-likeness (QED) is 0.0416. The van der Waals surface area contributed by atoms with Crippen LogP contribution in [0.2, 0.25) is 0 Å². The van der Waals surface area contributed by atoms with E-state index in [0.29, 0.717) is 79.6 Å². The summed E-state index contributed by atoms with van der Waals surface area (Å²) in [7, 11) is 7.64. The van der Waals surface area contributed by atoms with E-state index in [1.807, 2.05) is 20.8 Å². The first-order valence-electron chi connectivity index (χ1n) is 41.4. The number of carbonyl (C=O) groups is 8. The number of nitrogens with zero attached hydrogens (tertiary/aromatic N) is 7. The number of carboxylic acids is 1. The summed E-state index contributed by atoms with van der Waals surface area (Å²) in [5.41, 5.74) is 0.504. The molecule has 0 spiro atoms. The maximum atomic E-state index is 14.4. The summed E-state index contributed by atoms with van der Waals surface area (Å²) in [6.45, 7) is 11.9. The third-order valence-corrected chi connectivity index (χ3v) is 23.9. The number of nitrogens with one attached hydrogen (secondary N) is 5. The molecule has 3 aliphatic carbocycles. The number of alkyl halides is 6. The number of aromatic amines is 1. The van der Waals surface area contributed by atoms with Crippen LogP contribution in [0.15, 0.2) is 146 Å². The van der Waals surface area contributed by atoms with Gasteiger partial charge < -0.3 is 79.4 Å². The zero-order valence-corrected chi connectivity index (χ0v) is 71.5. The molecule has 0 unspecified atom stereocenters. The van der Waals surface area contributed by atoms with E-state index >= 15 is 0 Å². The van der Waals surface area contributed by atoms with Crippen LogP contribution in [0.3, 0.4) is 0 Å². The van der Waals surface area contributed by atoms with E-state index in [-0.39, 0.29) is 94.6 Å². The van der Waals surface area contributed by atoms with Gasteiger partial charge in [-0.25, -0.2) is 50.9 Å². The second-order valence-corrected chi connectivity index (χ2v) is 34.2. The third-order valence-electron chi connectivity index (χ3n) is 23.9. The molecule has 125 heavy (non-hydrogen) atoms. The Labute approximate surface area is 717 Å². The van der Waals surface area contributed by atoms with Crippen LogP contribution in [-0.2, 0) is 64.0 Å². The molecule has 0 radical (unpaired) electrons. The molecule has 6 fully saturated rings. The standard InChI is InChI=1S/C32H38F2N4O6.C26H28F2N4O4.C18H24N4O4.C14H16F2O3/c1-30(2,3)44-29(41)37-18-12-22-23(37)10-11-25(35-22)36-27(39)26-24(43-5)13-19-38(26)28(40)31(14-16-32(33,34)17-15-31)20-6-8-21(42-4)9-7-20;1-36-17-4-2-16(3-5-17)25(10-12-26(27,28)13-11-25)24(35)32-15-9-20(33)22(32)23(34)31-21-7-6-18-19(30-21)8-14-29-18;1-18(2,3)26-17(24)22-10-8-11-12(22)5-6-14(20-11)21-16(23)15-13(25-4)7-9-19-15;1-19-11-4-2-10(3-5-11)13(12(17)18)6-8-14(15,16)9-7-13/h6-12,18,24,26H,13-17,19H2,1-5H3,(H,35,36,39);2-8,14,20,22,29,33H,9-13,15H2,1H3,(H,30,31,34);5-6,8,10,13,15,19H,7,9H2,1-4H3,(H,20,21,23);2-5H,6-9H2,1H3,(H,17,18)/t24-,26-;20-,22-;13-,15-;/m111./s1. The maximum absolute atomic E-state index is 14.4. The average molecular weight is 1740 g/mol. The zero-order chi connectivity index (χ0) is 90.4. The van der Waals surface area contributed by atoms with Crippen molar-refractivity contribution in [2.24, 2.45) is 0 Å². The molecule has 3 aliphatic heterocycles. The van der Waals surface area contributed by atoms with Crippen molar-refractivity contribution < 1.29 is 108 Å². The van der Waals surface area contributed by atoms with Gasteiger partial charge in [0.2, 0.25) is 35.5 Å². The molecule has 5 amide bonds.